The monoisotopic (exact) mass is 412 g/mol. The van der Waals surface area contributed by atoms with Gasteiger partial charge in [0.2, 0.25) is 11.5 Å². The normalized spacial score (nSPS) is 44.9. The summed E-state index contributed by atoms with van der Waals surface area (Å²) in [6.07, 6.45) is 2.13. The Balaban J connectivity index is 1.76. The second-order valence-corrected chi connectivity index (χ2v) is 9.45. The number of para-hydroxylation sites is 1. The summed E-state index contributed by atoms with van der Waals surface area (Å²) in [6.45, 7) is 2.77. The number of amides is 1. The van der Waals surface area contributed by atoms with Crippen LogP contribution < -0.4 is 4.90 Å². The number of hydrogen-bond donors (Lipinski definition) is 0. The highest BCUT2D eigenvalue weighted by molar-refractivity contribution is 5.91. The second kappa shape index (κ2) is 5.37. The molecule has 5 aliphatic rings. The number of esters is 1. The van der Waals surface area contributed by atoms with Gasteiger partial charge in [-0.1, -0.05) is 25.1 Å². The predicted octanol–water partition coefficient (Wildman–Crippen LogP) is 1.83. The van der Waals surface area contributed by atoms with Gasteiger partial charge in [0, 0.05) is 38.2 Å². The molecule has 4 saturated heterocycles. The molecular weight excluding hydrogens is 384 g/mol. The SMILES string of the molecule is CC[C@@]12CCC(=O)N3CC[C@]45c6ccccc6N(C)[C@H]4[C@@](C(=O)OC)(O[C@@]315)[C@H]2OC. The molecule has 0 N–H and O–H groups in total. The van der Waals surface area contributed by atoms with Gasteiger partial charge in [-0.05, 0) is 30.9 Å². The van der Waals surface area contributed by atoms with E-state index in [-0.39, 0.29) is 11.9 Å². The van der Waals surface area contributed by atoms with Gasteiger partial charge >= 0.3 is 5.97 Å². The molecule has 5 heterocycles. The van der Waals surface area contributed by atoms with E-state index in [1.165, 1.54) is 12.7 Å². The first-order valence-electron chi connectivity index (χ1n) is 10.9. The summed E-state index contributed by atoms with van der Waals surface area (Å²) in [5, 5.41) is 0. The fraction of sp³-hybridized carbons (Fsp3) is 0.652. The molecule has 1 aromatic carbocycles. The molecule has 1 amide bonds. The molecular formula is C23H28N2O5. The molecule has 160 valence electrons. The van der Waals surface area contributed by atoms with Crippen molar-refractivity contribution in [3.8, 4) is 0 Å². The third kappa shape index (κ3) is 1.43. The number of anilines is 1. The first-order valence-corrected chi connectivity index (χ1v) is 10.9. The van der Waals surface area contributed by atoms with Crippen LogP contribution in [-0.2, 0) is 29.2 Å². The van der Waals surface area contributed by atoms with Crippen molar-refractivity contribution in [3.05, 3.63) is 29.8 Å². The highest BCUT2D eigenvalue weighted by Crippen LogP contribution is 2.79. The smallest absolute Gasteiger partial charge is 0.343 e. The summed E-state index contributed by atoms with van der Waals surface area (Å²) >= 11 is 0. The number of nitrogens with zero attached hydrogens (tertiary/aromatic N) is 2. The molecule has 7 heteroatoms. The summed E-state index contributed by atoms with van der Waals surface area (Å²) in [6, 6.07) is 8.03. The molecule has 0 saturated carbocycles. The van der Waals surface area contributed by atoms with Gasteiger partial charge in [-0.2, -0.15) is 0 Å². The number of fused-ring (bicyclic) bond motifs is 3. The van der Waals surface area contributed by atoms with E-state index < -0.39 is 34.2 Å². The molecule has 0 aromatic heterocycles. The molecule has 4 fully saturated rings. The number of rotatable bonds is 3. The Hall–Kier alpha value is -2.12. The number of methoxy groups -OCH3 is 2. The largest absolute Gasteiger partial charge is 0.467 e. The highest BCUT2D eigenvalue weighted by Gasteiger charge is 2.95. The van der Waals surface area contributed by atoms with E-state index in [4.69, 9.17) is 14.2 Å². The minimum Gasteiger partial charge on any atom is -0.467 e. The lowest BCUT2D eigenvalue weighted by Gasteiger charge is -2.60. The zero-order valence-electron chi connectivity index (χ0n) is 17.9. The van der Waals surface area contributed by atoms with Gasteiger partial charge in [0.15, 0.2) is 5.72 Å². The van der Waals surface area contributed by atoms with Crippen molar-refractivity contribution >= 4 is 17.6 Å². The van der Waals surface area contributed by atoms with E-state index in [0.29, 0.717) is 19.4 Å². The molecule has 30 heavy (non-hydrogen) atoms. The molecule has 5 aliphatic heterocycles. The van der Waals surface area contributed by atoms with Gasteiger partial charge in [-0.25, -0.2) is 4.79 Å². The highest BCUT2D eigenvalue weighted by atomic mass is 16.6. The molecule has 2 bridgehead atoms. The lowest BCUT2D eigenvalue weighted by molar-refractivity contribution is -0.213. The molecule has 0 radical (unpaired) electrons. The number of benzene rings is 1. The van der Waals surface area contributed by atoms with Gasteiger partial charge in [-0.3, -0.25) is 4.79 Å². The molecule has 1 aromatic rings. The third-order valence-corrected chi connectivity index (χ3v) is 9.08. The minimum absolute atomic E-state index is 0.110. The summed E-state index contributed by atoms with van der Waals surface area (Å²) in [5.74, 6) is -0.295. The van der Waals surface area contributed by atoms with Crippen LogP contribution >= 0.6 is 0 Å². The van der Waals surface area contributed by atoms with Crippen LogP contribution in [0.3, 0.4) is 0 Å². The Morgan fingerprint density at radius 2 is 2.03 bits per heavy atom. The van der Waals surface area contributed by atoms with Crippen LogP contribution in [0.4, 0.5) is 5.69 Å². The molecule has 0 unspecified atom stereocenters. The topological polar surface area (TPSA) is 68.3 Å². The molecule has 6 atom stereocenters. The number of likely N-dealkylation sites (N-methyl/N-ethyl adjacent to an activating group) is 1. The Labute approximate surface area is 176 Å². The van der Waals surface area contributed by atoms with Crippen molar-refractivity contribution < 1.29 is 23.8 Å². The maximum atomic E-state index is 13.6. The quantitative estimate of drug-likeness (QED) is 0.706. The van der Waals surface area contributed by atoms with E-state index in [1.54, 1.807) is 7.11 Å². The third-order valence-electron chi connectivity index (χ3n) is 9.08. The number of carbonyl (C=O) groups excluding carboxylic acids is 2. The van der Waals surface area contributed by atoms with Crippen LogP contribution in [0.2, 0.25) is 0 Å². The number of carbonyl (C=O) groups is 2. The van der Waals surface area contributed by atoms with Gasteiger partial charge < -0.3 is 24.0 Å². The minimum atomic E-state index is -1.30. The average Bonchev–Trinajstić information content (AvgIpc) is 3.41. The molecule has 7 nitrogen and oxygen atoms in total. The van der Waals surface area contributed by atoms with E-state index in [9.17, 15) is 9.59 Å². The Morgan fingerprint density at radius 3 is 2.73 bits per heavy atom. The maximum Gasteiger partial charge on any atom is 0.343 e. The predicted molar refractivity (Wildman–Crippen MR) is 108 cm³/mol. The van der Waals surface area contributed by atoms with Gasteiger partial charge in [0.05, 0.1) is 18.6 Å². The van der Waals surface area contributed by atoms with Crippen LogP contribution in [0.25, 0.3) is 0 Å². The van der Waals surface area contributed by atoms with E-state index in [1.807, 2.05) is 24.1 Å². The zero-order valence-corrected chi connectivity index (χ0v) is 17.9. The summed E-state index contributed by atoms with van der Waals surface area (Å²) in [7, 11) is 5.10. The lowest BCUT2D eigenvalue weighted by atomic mass is 9.48. The second-order valence-electron chi connectivity index (χ2n) is 9.45. The number of piperidine rings is 1. The standard InChI is InChI=1S/C23H28N2O5/c1-5-20-11-10-16(26)25-13-12-21-14-8-6-7-9-15(14)24(2)17(21)22(18(20)28-3,19(27)29-4)30-23(20,21)25/h6-9,17-18H,5,10-13H2,1-4H3/t17-,18+,20+,21+,22-,23+/m1/s1. The molecule has 6 rings (SSSR count). The fourth-order valence-corrected chi connectivity index (χ4v) is 8.46. The Bertz CT molecular complexity index is 982. The van der Waals surface area contributed by atoms with E-state index in [2.05, 4.69) is 24.0 Å². The van der Waals surface area contributed by atoms with Crippen LogP contribution in [0.15, 0.2) is 24.3 Å². The van der Waals surface area contributed by atoms with Crippen molar-refractivity contribution in [1.82, 2.24) is 4.90 Å². The van der Waals surface area contributed by atoms with Crippen LogP contribution in [0.1, 0.15) is 38.2 Å². The summed E-state index contributed by atoms with van der Waals surface area (Å²) in [4.78, 5) is 31.0. The summed E-state index contributed by atoms with van der Waals surface area (Å²) in [5.41, 5.74) is -0.906. The van der Waals surface area contributed by atoms with E-state index >= 15 is 0 Å². The lowest BCUT2D eigenvalue weighted by Crippen LogP contribution is -2.76. The van der Waals surface area contributed by atoms with E-state index in [0.717, 1.165) is 18.5 Å². The Kier molecular flexibility index (Phi) is 3.34. The van der Waals surface area contributed by atoms with Crippen LogP contribution in [-0.4, -0.2) is 68.1 Å². The first kappa shape index (κ1) is 18.6. The van der Waals surface area contributed by atoms with Crippen LogP contribution in [0, 0.1) is 5.41 Å². The van der Waals surface area contributed by atoms with Gasteiger partial charge in [0.1, 0.15) is 6.10 Å². The Morgan fingerprint density at radius 1 is 1.27 bits per heavy atom. The van der Waals surface area contributed by atoms with Crippen molar-refractivity contribution in [2.45, 2.75) is 61.5 Å². The van der Waals surface area contributed by atoms with Crippen LogP contribution in [0.5, 0.6) is 0 Å². The van der Waals surface area contributed by atoms with Crippen molar-refractivity contribution in [3.63, 3.8) is 0 Å². The molecule has 0 aliphatic carbocycles. The zero-order chi connectivity index (χ0) is 21.1. The van der Waals surface area contributed by atoms with Crippen molar-refractivity contribution in [2.24, 2.45) is 5.41 Å². The fourth-order valence-electron chi connectivity index (χ4n) is 8.46. The average molecular weight is 412 g/mol. The van der Waals surface area contributed by atoms with Crippen molar-refractivity contribution in [1.29, 1.82) is 0 Å². The molecule has 2 spiro atoms. The van der Waals surface area contributed by atoms with Gasteiger partial charge in [0.25, 0.3) is 0 Å². The summed E-state index contributed by atoms with van der Waals surface area (Å²) < 4.78 is 18.6. The number of hydrogen-bond acceptors (Lipinski definition) is 6. The maximum absolute atomic E-state index is 13.6. The first-order chi connectivity index (χ1) is 14.4. The number of ether oxygens (including phenoxy) is 3. The van der Waals surface area contributed by atoms with Gasteiger partial charge in [-0.15, -0.1) is 0 Å². The van der Waals surface area contributed by atoms with Crippen molar-refractivity contribution in [2.75, 3.05) is 32.7 Å².